The lowest BCUT2D eigenvalue weighted by molar-refractivity contribution is -0.118. The van der Waals surface area contributed by atoms with E-state index in [0.29, 0.717) is 39.9 Å². The number of methoxy groups -OCH3 is 3. The topological polar surface area (TPSA) is 80.3 Å². The molecule has 0 spiro atoms. The summed E-state index contributed by atoms with van der Waals surface area (Å²) < 4.78 is 27.0. The highest BCUT2D eigenvalue weighted by Gasteiger charge is 2.28. The second-order valence-corrected chi connectivity index (χ2v) is 6.05. The number of fused-ring (bicyclic) bond motifs is 1. The van der Waals surface area contributed by atoms with Crippen molar-refractivity contribution in [1.82, 2.24) is 0 Å². The molecule has 1 aliphatic heterocycles. The van der Waals surface area contributed by atoms with E-state index in [2.05, 4.69) is 0 Å². The van der Waals surface area contributed by atoms with Gasteiger partial charge < -0.3 is 23.7 Å². The van der Waals surface area contributed by atoms with Crippen molar-refractivity contribution in [3.05, 3.63) is 47.2 Å². The van der Waals surface area contributed by atoms with E-state index in [9.17, 15) is 9.59 Å². The summed E-state index contributed by atoms with van der Waals surface area (Å²) in [5.74, 6) is 2.05. The zero-order valence-corrected chi connectivity index (χ0v) is 16.0. The molecule has 3 rings (SSSR count). The quantitative estimate of drug-likeness (QED) is 0.678. The predicted octanol–water partition coefficient (Wildman–Crippen LogP) is 3.30. The molecule has 0 saturated heterocycles. The minimum absolute atomic E-state index is 0.0408. The number of carbonyl (C=O) groups is 2. The third-order valence-electron chi connectivity index (χ3n) is 4.07. The molecule has 0 N–H and O–H groups in total. The van der Waals surface area contributed by atoms with Crippen molar-refractivity contribution in [3.63, 3.8) is 0 Å². The minimum Gasteiger partial charge on any atom is -0.493 e. The second kappa shape index (κ2) is 8.04. The van der Waals surface area contributed by atoms with Crippen LogP contribution in [-0.4, -0.2) is 39.5 Å². The van der Waals surface area contributed by atoms with Gasteiger partial charge in [-0.1, -0.05) is 0 Å². The Morgan fingerprint density at radius 2 is 1.71 bits per heavy atom. The standard InChI is InChI=1S/C21H20O7/c1-12(22)11-27-14-5-6-15-16(10-14)28-17(20(15)23)7-13-8-18(24-2)21(26-4)19(9-13)25-3/h5-10H,11H2,1-4H3/b17-7-. The molecule has 0 aliphatic carbocycles. The van der Waals surface area contributed by atoms with Gasteiger partial charge in [-0.15, -0.1) is 0 Å². The first-order valence-corrected chi connectivity index (χ1v) is 8.47. The molecule has 1 heterocycles. The van der Waals surface area contributed by atoms with Gasteiger partial charge in [0.25, 0.3) is 0 Å². The highest BCUT2D eigenvalue weighted by molar-refractivity contribution is 6.14. The molecule has 0 saturated carbocycles. The van der Waals surface area contributed by atoms with Crippen LogP contribution in [0.4, 0.5) is 0 Å². The summed E-state index contributed by atoms with van der Waals surface area (Å²) in [4.78, 5) is 23.7. The van der Waals surface area contributed by atoms with Crippen LogP contribution in [0.1, 0.15) is 22.8 Å². The normalized spacial score (nSPS) is 13.7. The van der Waals surface area contributed by atoms with Crippen LogP contribution < -0.4 is 23.7 Å². The number of carbonyl (C=O) groups excluding carboxylic acids is 2. The molecule has 28 heavy (non-hydrogen) atoms. The first-order valence-electron chi connectivity index (χ1n) is 8.47. The maximum Gasteiger partial charge on any atom is 0.231 e. The molecule has 2 aromatic carbocycles. The molecule has 146 valence electrons. The average Bonchev–Trinajstić information content (AvgIpc) is 3.00. The molecule has 7 heteroatoms. The fraction of sp³-hybridized carbons (Fsp3) is 0.238. The van der Waals surface area contributed by atoms with Crippen LogP contribution in [0.15, 0.2) is 36.1 Å². The summed E-state index contributed by atoms with van der Waals surface area (Å²) in [5.41, 5.74) is 1.08. The Morgan fingerprint density at radius 1 is 1.04 bits per heavy atom. The van der Waals surface area contributed by atoms with Crippen LogP contribution in [0.5, 0.6) is 28.7 Å². The van der Waals surface area contributed by atoms with Gasteiger partial charge in [0.15, 0.2) is 23.0 Å². The molecular formula is C21H20O7. The Kier molecular flexibility index (Phi) is 5.54. The monoisotopic (exact) mass is 384 g/mol. The van der Waals surface area contributed by atoms with Crippen molar-refractivity contribution in [3.8, 4) is 28.7 Å². The van der Waals surface area contributed by atoms with Gasteiger partial charge in [-0.05, 0) is 42.8 Å². The summed E-state index contributed by atoms with van der Waals surface area (Å²) in [6.45, 7) is 1.40. The SMILES string of the molecule is COc1cc(/C=C2\Oc3cc(OCC(C)=O)ccc3C2=O)cc(OC)c1OC. The Morgan fingerprint density at radius 3 is 2.29 bits per heavy atom. The summed E-state index contributed by atoms with van der Waals surface area (Å²) in [5, 5.41) is 0. The molecular weight excluding hydrogens is 364 g/mol. The zero-order chi connectivity index (χ0) is 20.3. The van der Waals surface area contributed by atoms with Crippen molar-refractivity contribution in [2.75, 3.05) is 27.9 Å². The lowest BCUT2D eigenvalue weighted by Gasteiger charge is -2.13. The van der Waals surface area contributed by atoms with Crippen molar-refractivity contribution in [1.29, 1.82) is 0 Å². The summed E-state index contributed by atoms with van der Waals surface area (Å²) in [7, 11) is 4.55. The molecule has 0 amide bonds. The second-order valence-electron chi connectivity index (χ2n) is 6.05. The number of rotatable bonds is 7. The van der Waals surface area contributed by atoms with E-state index < -0.39 is 0 Å². The maximum atomic E-state index is 12.6. The predicted molar refractivity (Wildman–Crippen MR) is 102 cm³/mol. The average molecular weight is 384 g/mol. The highest BCUT2D eigenvalue weighted by atomic mass is 16.5. The van der Waals surface area contributed by atoms with Gasteiger partial charge in [0.05, 0.1) is 26.9 Å². The maximum absolute atomic E-state index is 12.6. The van der Waals surface area contributed by atoms with Crippen LogP contribution in [0.3, 0.4) is 0 Å². The van der Waals surface area contributed by atoms with E-state index in [1.807, 2.05) is 0 Å². The smallest absolute Gasteiger partial charge is 0.231 e. The molecule has 1 aliphatic rings. The van der Waals surface area contributed by atoms with Crippen LogP contribution in [0, 0.1) is 0 Å². The van der Waals surface area contributed by atoms with E-state index >= 15 is 0 Å². The van der Waals surface area contributed by atoms with Crippen LogP contribution in [0.2, 0.25) is 0 Å². The number of hydrogen-bond donors (Lipinski definition) is 0. The Bertz CT molecular complexity index is 934. The summed E-state index contributed by atoms with van der Waals surface area (Å²) >= 11 is 0. The lowest BCUT2D eigenvalue weighted by atomic mass is 10.1. The third kappa shape index (κ3) is 3.78. The fourth-order valence-corrected chi connectivity index (χ4v) is 2.78. The van der Waals surface area contributed by atoms with E-state index in [-0.39, 0.29) is 23.9 Å². The van der Waals surface area contributed by atoms with E-state index in [1.165, 1.54) is 28.3 Å². The minimum atomic E-state index is -0.248. The summed E-state index contributed by atoms with van der Waals surface area (Å²) in [6.07, 6.45) is 1.60. The Labute approximate surface area is 162 Å². The Hall–Kier alpha value is -3.48. The number of hydrogen-bond acceptors (Lipinski definition) is 7. The van der Waals surface area contributed by atoms with Gasteiger partial charge in [0.1, 0.15) is 18.1 Å². The number of allylic oxidation sites excluding steroid dienone is 1. The first kappa shape index (κ1) is 19.3. The molecule has 2 aromatic rings. The molecule has 0 aromatic heterocycles. The number of ether oxygens (including phenoxy) is 5. The van der Waals surface area contributed by atoms with Crippen molar-refractivity contribution in [2.45, 2.75) is 6.92 Å². The number of ketones is 2. The number of benzene rings is 2. The molecule has 0 bridgehead atoms. The van der Waals surface area contributed by atoms with Crippen molar-refractivity contribution >= 4 is 17.6 Å². The van der Waals surface area contributed by atoms with Crippen molar-refractivity contribution < 1.29 is 33.3 Å². The van der Waals surface area contributed by atoms with Gasteiger partial charge in [0, 0.05) is 6.07 Å². The Balaban J connectivity index is 1.91. The van der Waals surface area contributed by atoms with Gasteiger partial charge >= 0.3 is 0 Å². The van der Waals surface area contributed by atoms with Gasteiger partial charge in [-0.2, -0.15) is 0 Å². The summed E-state index contributed by atoms with van der Waals surface area (Å²) in [6, 6.07) is 8.27. The van der Waals surface area contributed by atoms with Gasteiger partial charge in [-0.3, -0.25) is 9.59 Å². The van der Waals surface area contributed by atoms with Crippen LogP contribution in [0.25, 0.3) is 6.08 Å². The largest absolute Gasteiger partial charge is 0.493 e. The molecule has 0 unspecified atom stereocenters. The molecule has 0 atom stereocenters. The highest BCUT2D eigenvalue weighted by Crippen LogP contribution is 2.40. The van der Waals surface area contributed by atoms with Crippen LogP contribution >= 0.6 is 0 Å². The zero-order valence-electron chi connectivity index (χ0n) is 16.0. The lowest BCUT2D eigenvalue weighted by Crippen LogP contribution is -2.06. The van der Waals surface area contributed by atoms with Gasteiger partial charge in [-0.25, -0.2) is 0 Å². The molecule has 7 nitrogen and oxygen atoms in total. The van der Waals surface area contributed by atoms with Crippen molar-refractivity contribution in [2.24, 2.45) is 0 Å². The first-order chi connectivity index (χ1) is 13.5. The van der Waals surface area contributed by atoms with E-state index in [4.69, 9.17) is 23.7 Å². The van der Waals surface area contributed by atoms with Gasteiger partial charge in [0.2, 0.25) is 11.5 Å². The number of Topliss-reactive ketones (excluding diaryl/α,β-unsaturated/α-hetero) is 2. The van der Waals surface area contributed by atoms with E-state index in [1.54, 1.807) is 36.4 Å². The molecule has 0 fully saturated rings. The molecule has 0 radical (unpaired) electrons. The van der Waals surface area contributed by atoms with E-state index in [0.717, 1.165) is 0 Å². The van der Waals surface area contributed by atoms with Crippen LogP contribution in [-0.2, 0) is 4.79 Å². The fourth-order valence-electron chi connectivity index (χ4n) is 2.78. The third-order valence-corrected chi connectivity index (χ3v) is 4.07.